The van der Waals surface area contributed by atoms with Gasteiger partial charge >= 0.3 is 0 Å². The predicted molar refractivity (Wildman–Crippen MR) is 83.0 cm³/mol. The van der Waals surface area contributed by atoms with Crippen LogP contribution in [0.5, 0.6) is 5.75 Å². The van der Waals surface area contributed by atoms with Crippen LogP contribution in [0.4, 0.5) is 0 Å². The summed E-state index contributed by atoms with van der Waals surface area (Å²) in [6.07, 6.45) is 3.96. The van der Waals surface area contributed by atoms with Crippen LogP contribution in [0.15, 0.2) is 36.7 Å². The van der Waals surface area contributed by atoms with E-state index >= 15 is 0 Å². The molecule has 3 heteroatoms. The van der Waals surface area contributed by atoms with Gasteiger partial charge in [-0.05, 0) is 17.7 Å². The van der Waals surface area contributed by atoms with Gasteiger partial charge in [-0.15, -0.1) is 5.54 Å². The van der Waals surface area contributed by atoms with E-state index in [0.717, 1.165) is 22.4 Å². The number of aromatic nitrogens is 1. The first-order valence-electron chi connectivity index (χ1n) is 6.34. The van der Waals surface area contributed by atoms with Gasteiger partial charge in [0.15, 0.2) is 0 Å². The third-order valence-electron chi connectivity index (χ3n) is 2.72. The van der Waals surface area contributed by atoms with Gasteiger partial charge in [0.2, 0.25) is 0 Å². The molecular weight excluding hydrogens is 250 g/mol. The molecule has 0 aliphatic rings. The molecule has 0 fully saturated rings. The zero-order valence-corrected chi connectivity index (χ0v) is 12.9. The predicted octanol–water partition coefficient (Wildman–Crippen LogP) is 3.92. The molecule has 0 amide bonds. The molecule has 19 heavy (non-hydrogen) atoms. The zero-order chi connectivity index (χ0) is 13.9. The van der Waals surface area contributed by atoms with Gasteiger partial charge in [-0.25, -0.2) is 0 Å². The fourth-order valence-corrected chi connectivity index (χ4v) is 2.24. The Labute approximate surface area is 115 Å². The van der Waals surface area contributed by atoms with Crippen molar-refractivity contribution in [2.24, 2.45) is 0 Å². The average molecular weight is 269 g/mol. The summed E-state index contributed by atoms with van der Waals surface area (Å²) < 4.78 is 5.18. The van der Waals surface area contributed by atoms with Crippen molar-refractivity contribution in [3.8, 4) is 28.3 Å². The quantitative estimate of drug-likeness (QED) is 0.649. The minimum Gasteiger partial charge on any atom is -0.497 e. The third kappa shape index (κ3) is 3.52. The maximum absolute atomic E-state index is 5.18. The molecule has 0 atom stereocenters. The third-order valence-corrected chi connectivity index (χ3v) is 3.59. The van der Waals surface area contributed by atoms with Crippen molar-refractivity contribution >= 4 is 8.07 Å². The van der Waals surface area contributed by atoms with Crippen LogP contribution in [-0.2, 0) is 0 Å². The lowest BCUT2D eigenvalue weighted by Gasteiger charge is -2.04. The maximum Gasteiger partial charge on any atom is 0.129 e. The Hall–Kier alpha value is -1.92. The van der Waals surface area contributed by atoms with Crippen molar-refractivity contribution in [3.05, 3.63) is 42.2 Å². The van der Waals surface area contributed by atoms with Crippen LogP contribution in [0.2, 0.25) is 19.6 Å². The molecule has 0 radical (unpaired) electrons. The summed E-state index contributed by atoms with van der Waals surface area (Å²) in [7, 11) is 0.330. The van der Waals surface area contributed by atoms with E-state index in [-0.39, 0.29) is 0 Å². The van der Waals surface area contributed by atoms with Gasteiger partial charge in [0.1, 0.15) is 13.8 Å². The Morgan fingerprint density at radius 2 is 1.74 bits per heavy atom. The smallest absolute Gasteiger partial charge is 0.129 e. The van der Waals surface area contributed by atoms with Crippen LogP contribution in [0.3, 0.4) is 0 Å². The highest BCUT2D eigenvalue weighted by molar-refractivity contribution is 6.83. The van der Waals surface area contributed by atoms with Gasteiger partial charge in [-0.1, -0.05) is 37.7 Å². The van der Waals surface area contributed by atoms with Gasteiger partial charge in [0.25, 0.3) is 0 Å². The van der Waals surface area contributed by atoms with Gasteiger partial charge in [0, 0.05) is 23.5 Å². The number of H-pyrrole nitrogens is 1. The lowest BCUT2D eigenvalue weighted by atomic mass is 10.1. The number of hydrogen-bond donors (Lipinski definition) is 1. The zero-order valence-electron chi connectivity index (χ0n) is 11.9. The van der Waals surface area contributed by atoms with Crippen molar-refractivity contribution < 1.29 is 4.74 Å². The lowest BCUT2D eigenvalue weighted by Crippen LogP contribution is -2.16. The van der Waals surface area contributed by atoms with Gasteiger partial charge in [-0.2, -0.15) is 0 Å². The van der Waals surface area contributed by atoms with Crippen LogP contribution in [0, 0.1) is 11.5 Å². The summed E-state index contributed by atoms with van der Waals surface area (Å²) in [5, 5.41) is 0. The van der Waals surface area contributed by atoms with E-state index in [1.165, 1.54) is 0 Å². The molecule has 0 saturated heterocycles. The number of nitrogens with one attached hydrogen (secondary N) is 1. The van der Waals surface area contributed by atoms with Crippen molar-refractivity contribution in [1.29, 1.82) is 0 Å². The minimum absolute atomic E-state index is 0.869. The second kappa shape index (κ2) is 5.37. The normalized spacial score (nSPS) is 10.7. The first-order chi connectivity index (χ1) is 8.99. The molecule has 2 aromatic rings. The van der Waals surface area contributed by atoms with Gasteiger partial charge in [-0.3, -0.25) is 0 Å². The highest BCUT2D eigenvalue weighted by Gasteiger charge is 2.09. The Morgan fingerprint density at radius 3 is 2.32 bits per heavy atom. The second-order valence-electron chi connectivity index (χ2n) is 5.51. The van der Waals surface area contributed by atoms with Crippen LogP contribution in [-0.4, -0.2) is 20.2 Å². The number of methoxy groups -OCH3 is 1. The molecule has 98 valence electrons. The van der Waals surface area contributed by atoms with E-state index in [4.69, 9.17) is 4.74 Å². The van der Waals surface area contributed by atoms with Crippen LogP contribution in [0.25, 0.3) is 11.1 Å². The Balaban J connectivity index is 2.35. The van der Waals surface area contributed by atoms with Crippen molar-refractivity contribution in [2.45, 2.75) is 19.6 Å². The molecule has 0 spiro atoms. The molecule has 0 bridgehead atoms. The molecular formula is C16H19NOSi. The fourth-order valence-electron chi connectivity index (χ4n) is 1.73. The largest absolute Gasteiger partial charge is 0.497 e. The number of aromatic amines is 1. The molecule has 1 heterocycles. The summed E-state index contributed by atoms with van der Waals surface area (Å²) in [5.41, 5.74) is 6.76. The first kappa shape index (κ1) is 13.5. The molecule has 1 aromatic heterocycles. The summed E-state index contributed by atoms with van der Waals surface area (Å²) >= 11 is 0. The summed E-state index contributed by atoms with van der Waals surface area (Å²) in [5.74, 6) is 4.18. The molecule has 1 N–H and O–H groups in total. The van der Waals surface area contributed by atoms with Crippen LogP contribution < -0.4 is 4.74 Å². The monoisotopic (exact) mass is 269 g/mol. The Morgan fingerprint density at radius 1 is 1.05 bits per heavy atom. The van der Waals surface area contributed by atoms with E-state index in [1.54, 1.807) is 7.11 Å². The fraction of sp³-hybridized carbons (Fsp3) is 0.250. The summed E-state index contributed by atoms with van der Waals surface area (Å²) in [4.78, 5) is 3.14. The Bertz CT molecular complexity index is 609. The number of rotatable bonds is 2. The van der Waals surface area contributed by atoms with Crippen molar-refractivity contribution in [2.75, 3.05) is 7.11 Å². The number of ether oxygens (including phenoxy) is 1. The topological polar surface area (TPSA) is 25.0 Å². The van der Waals surface area contributed by atoms with Crippen molar-refractivity contribution in [3.63, 3.8) is 0 Å². The number of benzene rings is 1. The second-order valence-corrected chi connectivity index (χ2v) is 10.3. The Kier molecular flexibility index (Phi) is 3.82. The molecule has 2 rings (SSSR count). The van der Waals surface area contributed by atoms with Crippen LogP contribution >= 0.6 is 0 Å². The van der Waals surface area contributed by atoms with E-state index < -0.39 is 8.07 Å². The SMILES string of the molecule is COc1ccc(-c2c[nH]cc2C#C[Si](C)(C)C)cc1. The van der Waals surface area contributed by atoms with Crippen molar-refractivity contribution in [1.82, 2.24) is 4.98 Å². The minimum atomic E-state index is -1.35. The summed E-state index contributed by atoms with van der Waals surface area (Å²) in [6, 6.07) is 8.06. The molecule has 0 aliphatic heterocycles. The highest BCUT2D eigenvalue weighted by atomic mass is 28.3. The maximum atomic E-state index is 5.18. The molecule has 2 nitrogen and oxygen atoms in total. The molecule has 0 saturated carbocycles. The van der Waals surface area contributed by atoms with Gasteiger partial charge in [0.05, 0.1) is 7.11 Å². The standard InChI is InChI=1S/C16H19NOSi/c1-18-15-7-5-13(6-8-15)16-12-17-11-14(16)9-10-19(2,3)4/h5-8,11-12,17H,1-4H3. The first-order valence-corrected chi connectivity index (χ1v) is 9.84. The van der Waals surface area contributed by atoms with E-state index in [1.807, 2.05) is 24.5 Å². The van der Waals surface area contributed by atoms with E-state index in [9.17, 15) is 0 Å². The molecule has 1 aromatic carbocycles. The molecule has 0 unspecified atom stereocenters. The lowest BCUT2D eigenvalue weighted by molar-refractivity contribution is 0.415. The average Bonchev–Trinajstić information content (AvgIpc) is 2.84. The summed E-state index contributed by atoms with van der Waals surface area (Å²) in [6.45, 7) is 6.75. The van der Waals surface area contributed by atoms with E-state index in [2.05, 4.69) is 48.2 Å². The molecule has 0 aliphatic carbocycles. The highest BCUT2D eigenvalue weighted by Crippen LogP contribution is 2.25. The van der Waals surface area contributed by atoms with E-state index in [0.29, 0.717) is 0 Å². The van der Waals surface area contributed by atoms with Gasteiger partial charge < -0.3 is 9.72 Å². The van der Waals surface area contributed by atoms with Crippen LogP contribution in [0.1, 0.15) is 5.56 Å². The number of hydrogen-bond acceptors (Lipinski definition) is 1.